The van der Waals surface area contributed by atoms with E-state index in [-0.39, 0.29) is 0 Å². The van der Waals surface area contributed by atoms with Crippen LogP contribution < -0.4 is 4.74 Å². The number of nitrogens with one attached hydrogen (secondary N) is 1. The maximum Gasteiger partial charge on any atom is 0.125 e. The van der Waals surface area contributed by atoms with E-state index < -0.39 is 0 Å². The van der Waals surface area contributed by atoms with Crippen molar-refractivity contribution in [3.8, 4) is 11.5 Å². The number of rotatable bonds is 6. The van der Waals surface area contributed by atoms with Crippen molar-refractivity contribution in [3.05, 3.63) is 59.8 Å². The highest BCUT2D eigenvalue weighted by Crippen LogP contribution is 2.36. The van der Waals surface area contributed by atoms with Gasteiger partial charge in [-0.25, -0.2) is 0 Å². The van der Waals surface area contributed by atoms with Gasteiger partial charge in [0, 0.05) is 23.6 Å². The number of aryl methyl sites for hydroxylation is 1. The van der Waals surface area contributed by atoms with Crippen LogP contribution in [0, 0.1) is 0 Å². The van der Waals surface area contributed by atoms with Gasteiger partial charge in [0.25, 0.3) is 0 Å². The Balaban J connectivity index is 1.39. The number of phenols is 1. The van der Waals surface area contributed by atoms with Crippen molar-refractivity contribution < 1.29 is 9.84 Å². The number of benzene rings is 2. The predicted octanol–water partition coefficient (Wildman–Crippen LogP) is 4.69. The number of nitrogens with zero attached hydrogens (tertiary/aromatic N) is 1. The van der Waals surface area contributed by atoms with Gasteiger partial charge in [0.05, 0.1) is 7.11 Å². The summed E-state index contributed by atoms with van der Waals surface area (Å²) in [6, 6.07) is 14.0. The minimum Gasteiger partial charge on any atom is -0.507 e. The third kappa shape index (κ3) is 3.81. The number of piperidine rings is 1. The number of methoxy groups -OCH3 is 1. The highest BCUT2D eigenvalue weighted by molar-refractivity contribution is 5.89. The van der Waals surface area contributed by atoms with E-state index in [1.165, 1.54) is 24.0 Å². The number of aromatic amines is 1. The lowest BCUT2D eigenvalue weighted by Crippen LogP contribution is -2.35. The Morgan fingerprint density at radius 2 is 2.07 bits per heavy atom. The number of aromatic hydroxyl groups is 1. The Bertz CT molecular complexity index is 902. The first kappa shape index (κ1) is 17.9. The number of ether oxygens (including phenoxy) is 1. The highest BCUT2D eigenvalue weighted by Gasteiger charge is 2.24. The van der Waals surface area contributed by atoms with Crippen molar-refractivity contribution in [2.24, 2.45) is 0 Å². The second-order valence-corrected chi connectivity index (χ2v) is 7.50. The molecule has 0 amide bonds. The summed E-state index contributed by atoms with van der Waals surface area (Å²) in [6.07, 6.45) is 6.66. The molecule has 0 spiro atoms. The first-order valence-corrected chi connectivity index (χ1v) is 9.89. The van der Waals surface area contributed by atoms with Gasteiger partial charge in [-0.1, -0.05) is 24.3 Å². The first-order valence-electron chi connectivity index (χ1n) is 9.89. The van der Waals surface area contributed by atoms with Crippen LogP contribution in [0.4, 0.5) is 0 Å². The minimum absolute atomic E-state index is 0.386. The summed E-state index contributed by atoms with van der Waals surface area (Å²) in [5, 5.41) is 11.3. The molecular formula is C23H28N2O2. The van der Waals surface area contributed by atoms with Gasteiger partial charge in [0.15, 0.2) is 0 Å². The molecule has 27 heavy (non-hydrogen) atoms. The van der Waals surface area contributed by atoms with E-state index in [1.807, 2.05) is 24.3 Å². The molecule has 1 saturated heterocycles. The van der Waals surface area contributed by atoms with Gasteiger partial charge in [-0.3, -0.25) is 0 Å². The molecular weight excluding hydrogens is 336 g/mol. The summed E-state index contributed by atoms with van der Waals surface area (Å²) in [7, 11) is 1.74. The van der Waals surface area contributed by atoms with Crippen LogP contribution in [0.2, 0.25) is 0 Å². The second kappa shape index (κ2) is 8.05. The molecule has 1 aliphatic rings. The molecule has 4 heteroatoms. The highest BCUT2D eigenvalue weighted by atomic mass is 16.5. The molecule has 0 saturated carbocycles. The Kier molecular flexibility index (Phi) is 5.35. The Labute approximate surface area is 160 Å². The number of aromatic nitrogens is 1. The third-order valence-electron chi connectivity index (χ3n) is 5.77. The van der Waals surface area contributed by atoms with Gasteiger partial charge >= 0.3 is 0 Å². The van der Waals surface area contributed by atoms with E-state index in [0.717, 1.165) is 49.1 Å². The summed E-state index contributed by atoms with van der Waals surface area (Å²) >= 11 is 0. The van der Waals surface area contributed by atoms with Gasteiger partial charge in [-0.15, -0.1) is 0 Å². The SMILES string of the molecule is COc1ccccc1CCCN1CCCC(c2c[nH]c3cccc(O)c23)C1. The van der Waals surface area contributed by atoms with E-state index in [2.05, 4.69) is 28.2 Å². The largest absolute Gasteiger partial charge is 0.507 e. The quantitative estimate of drug-likeness (QED) is 0.667. The fourth-order valence-electron chi connectivity index (χ4n) is 4.43. The number of phenolic OH excluding ortho intramolecular Hbond substituents is 1. The van der Waals surface area contributed by atoms with Gasteiger partial charge < -0.3 is 19.7 Å². The van der Waals surface area contributed by atoms with Crippen LogP contribution in [-0.2, 0) is 6.42 Å². The number of H-pyrrole nitrogens is 1. The van der Waals surface area contributed by atoms with E-state index in [1.54, 1.807) is 13.2 Å². The number of likely N-dealkylation sites (tertiary alicyclic amines) is 1. The standard InChI is InChI=1S/C23H28N2O2/c1-27-22-12-3-2-7-17(22)8-5-13-25-14-6-9-18(16-25)19-15-24-20-10-4-11-21(26)23(19)20/h2-4,7,10-12,15,18,24,26H,5-6,8-9,13-14,16H2,1H3. The van der Waals surface area contributed by atoms with Crippen LogP contribution in [0.25, 0.3) is 10.9 Å². The molecule has 0 bridgehead atoms. The van der Waals surface area contributed by atoms with Crippen LogP contribution in [0.5, 0.6) is 11.5 Å². The lowest BCUT2D eigenvalue weighted by Gasteiger charge is -2.32. The van der Waals surface area contributed by atoms with E-state index in [0.29, 0.717) is 11.7 Å². The van der Waals surface area contributed by atoms with Crippen molar-refractivity contribution in [1.82, 2.24) is 9.88 Å². The van der Waals surface area contributed by atoms with E-state index in [4.69, 9.17) is 4.74 Å². The third-order valence-corrected chi connectivity index (χ3v) is 5.77. The van der Waals surface area contributed by atoms with Crippen molar-refractivity contribution in [2.45, 2.75) is 31.6 Å². The number of hydrogen-bond donors (Lipinski definition) is 2. The lowest BCUT2D eigenvalue weighted by atomic mass is 9.90. The summed E-state index contributed by atoms with van der Waals surface area (Å²) in [5.74, 6) is 1.85. The van der Waals surface area contributed by atoms with Gasteiger partial charge in [-0.2, -0.15) is 0 Å². The fraction of sp³-hybridized carbons (Fsp3) is 0.391. The van der Waals surface area contributed by atoms with Crippen LogP contribution in [-0.4, -0.2) is 41.7 Å². The average molecular weight is 364 g/mol. The summed E-state index contributed by atoms with van der Waals surface area (Å²) < 4.78 is 5.47. The molecule has 1 aliphatic heterocycles. The van der Waals surface area contributed by atoms with Crippen LogP contribution in [0.3, 0.4) is 0 Å². The maximum absolute atomic E-state index is 10.3. The Morgan fingerprint density at radius 1 is 1.19 bits per heavy atom. The summed E-state index contributed by atoms with van der Waals surface area (Å²) in [5.41, 5.74) is 3.57. The van der Waals surface area contributed by atoms with Crippen LogP contribution >= 0.6 is 0 Å². The van der Waals surface area contributed by atoms with Crippen molar-refractivity contribution >= 4 is 10.9 Å². The molecule has 2 heterocycles. The molecule has 1 fully saturated rings. The molecule has 2 N–H and O–H groups in total. The fourth-order valence-corrected chi connectivity index (χ4v) is 4.43. The van der Waals surface area contributed by atoms with Gasteiger partial charge in [0.2, 0.25) is 0 Å². The summed E-state index contributed by atoms with van der Waals surface area (Å²) in [6.45, 7) is 3.33. The zero-order valence-corrected chi connectivity index (χ0v) is 15.9. The molecule has 2 aromatic carbocycles. The molecule has 0 radical (unpaired) electrons. The van der Waals surface area contributed by atoms with Gasteiger partial charge in [-0.05, 0) is 74.0 Å². The Hall–Kier alpha value is -2.46. The zero-order chi connectivity index (χ0) is 18.6. The predicted molar refractivity (Wildman–Crippen MR) is 110 cm³/mol. The van der Waals surface area contributed by atoms with Crippen LogP contribution in [0.15, 0.2) is 48.7 Å². The number of fused-ring (bicyclic) bond motifs is 1. The minimum atomic E-state index is 0.386. The maximum atomic E-state index is 10.3. The van der Waals surface area contributed by atoms with E-state index in [9.17, 15) is 5.11 Å². The second-order valence-electron chi connectivity index (χ2n) is 7.50. The van der Waals surface area contributed by atoms with Crippen LogP contribution in [0.1, 0.15) is 36.3 Å². The molecule has 142 valence electrons. The number of para-hydroxylation sites is 1. The summed E-state index contributed by atoms with van der Waals surface area (Å²) in [4.78, 5) is 5.90. The average Bonchev–Trinajstić information content (AvgIpc) is 3.14. The normalized spacial score (nSPS) is 18.0. The topological polar surface area (TPSA) is 48.5 Å². The molecule has 4 nitrogen and oxygen atoms in total. The molecule has 1 aromatic heterocycles. The molecule has 3 aromatic rings. The smallest absolute Gasteiger partial charge is 0.125 e. The van der Waals surface area contributed by atoms with Crippen molar-refractivity contribution in [3.63, 3.8) is 0 Å². The molecule has 1 atom stereocenters. The monoisotopic (exact) mass is 364 g/mol. The molecule has 1 unspecified atom stereocenters. The van der Waals surface area contributed by atoms with E-state index >= 15 is 0 Å². The molecule has 4 rings (SSSR count). The van der Waals surface area contributed by atoms with Crippen molar-refractivity contribution in [2.75, 3.05) is 26.7 Å². The first-order chi connectivity index (χ1) is 13.3. The van der Waals surface area contributed by atoms with Gasteiger partial charge in [0.1, 0.15) is 11.5 Å². The molecule has 0 aliphatic carbocycles. The van der Waals surface area contributed by atoms with Crippen molar-refractivity contribution in [1.29, 1.82) is 0 Å². The number of hydrogen-bond acceptors (Lipinski definition) is 3. The zero-order valence-electron chi connectivity index (χ0n) is 15.9. The lowest BCUT2D eigenvalue weighted by molar-refractivity contribution is 0.206. The Morgan fingerprint density at radius 3 is 2.96 bits per heavy atom.